The van der Waals surface area contributed by atoms with Crippen molar-refractivity contribution in [3.05, 3.63) is 35.4 Å². The van der Waals surface area contributed by atoms with Gasteiger partial charge in [0, 0.05) is 44.3 Å². The van der Waals surface area contributed by atoms with Crippen molar-refractivity contribution in [2.24, 2.45) is 0 Å². The molecule has 0 saturated carbocycles. The van der Waals surface area contributed by atoms with Gasteiger partial charge >= 0.3 is 0 Å². The lowest BCUT2D eigenvalue weighted by molar-refractivity contribution is 0.0369. The molecule has 0 aliphatic carbocycles. The van der Waals surface area contributed by atoms with Gasteiger partial charge in [-0.1, -0.05) is 19.1 Å². The van der Waals surface area contributed by atoms with Crippen LogP contribution in [0.4, 0.5) is 0 Å². The van der Waals surface area contributed by atoms with Crippen LogP contribution in [0.25, 0.3) is 0 Å². The number of nitrogens with zero attached hydrogens (tertiary/aromatic N) is 3. The van der Waals surface area contributed by atoms with Gasteiger partial charge in [-0.25, -0.2) is 0 Å². The molecule has 138 valence electrons. The number of piperidine rings is 1. The van der Waals surface area contributed by atoms with E-state index in [0.717, 1.165) is 25.2 Å². The number of amides is 1. The summed E-state index contributed by atoms with van der Waals surface area (Å²) in [7, 11) is 3.89. The number of benzene rings is 1. The number of hydrogen-bond donors (Lipinski definition) is 1. The van der Waals surface area contributed by atoms with E-state index in [0.29, 0.717) is 12.1 Å². The average Bonchev–Trinajstić information content (AvgIpc) is 2.68. The maximum atomic E-state index is 12.0. The van der Waals surface area contributed by atoms with Crippen molar-refractivity contribution < 1.29 is 4.79 Å². The third kappa shape index (κ3) is 4.22. The zero-order valence-corrected chi connectivity index (χ0v) is 15.9. The van der Waals surface area contributed by atoms with Crippen molar-refractivity contribution in [2.45, 2.75) is 31.8 Å². The highest BCUT2D eigenvalue weighted by atomic mass is 16.1. The maximum Gasteiger partial charge on any atom is 0.251 e. The molecular formula is C20H32N4O. The van der Waals surface area contributed by atoms with Crippen LogP contribution in [0, 0.1) is 0 Å². The molecule has 0 aromatic heterocycles. The normalized spacial score (nSPS) is 24.4. The molecule has 0 spiro atoms. The van der Waals surface area contributed by atoms with Crippen LogP contribution < -0.4 is 5.32 Å². The van der Waals surface area contributed by atoms with Gasteiger partial charge in [-0.05, 0) is 57.2 Å². The molecule has 1 amide bonds. The summed E-state index contributed by atoms with van der Waals surface area (Å²) in [5, 5.41) is 2.73. The minimum Gasteiger partial charge on any atom is -0.355 e. The Kier molecular flexibility index (Phi) is 6.10. The third-order valence-electron chi connectivity index (χ3n) is 5.96. The number of carbonyl (C=O) groups is 1. The van der Waals surface area contributed by atoms with Crippen LogP contribution in [0.5, 0.6) is 0 Å². The molecule has 0 unspecified atom stereocenters. The second-order valence-corrected chi connectivity index (χ2v) is 7.36. The predicted octanol–water partition coefficient (Wildman–Crippen LogP) is 1.82. The molecular weight excluding hydrogens is 312 g/mol. The Morgan fingerprint density at radius 1 is 1.20 bits per heavy atom. The number of carbonyl (C=O) groups excluding carboxylic acids is 1. The van der Waals surface area contributed by atoms with Gasteiger partial charge in [0.1, 0.15) is 0 Å². The van der Waals surface area contributed by atoms with Crippen LogP contribution in [0.1, 0.15) is 41.7 Å². The minimum absolute atomic E-state index is 0.0101. The van der Waals surface area contributed by atoms with Gasteiger partial charge < -0.3 is 10.2 Å². The lowest BCUT2D eigenvalue weighted by Crippen LogP contribution is -2.53. The fourth-order valence-corrected chi connectivity index (χ4v) is 4.22. The van der Waals surface area contributed by atoms with Crippen molar-refractivity contribution in [1.82, 2.24) is 20.0 Å². The smallest absolute Gasteiger partial charge is 0.251 e. The Hall–Kier alpha value is -1.43. The van der Waals surface area contributed by atoms with Gasteiger partial charge in [-0.3, -0.25) is 14.6 Å². The summed E-state index contributed by atoms with van der Waals surface area (Å²) < 4.78 is 0. The molecule has 2 fully saturated rings. The highest BCUT2D eigenvalue weighted by Gasteiger charge is 2.31. The van der Waals surface area contributed by atoms with Crippen LogP contribution in [-0.2, 0) is 0 Å². The Labute approximate surface area is 152 Å². The number of rotatable bonds is 4. The van der Waals surface area contributed by atoms with E-state index in [1.807, 2.05) is 12.1 Å². The summed E-state index contributed by atoms with van der Waals surface area (Å²) in [4.78, 5) is 19.6. The van der Waals surface area contributed by atoms with Gasteiger partial charge in [-0.15, -0.1) is 0 Å². The predicted molar refractivity (Wildman–Crippen MR) is 102 cm³/mol. The van der Waals surface area contributed by atoms with Crippen molar-refractivity contribution >= 4 is 5.91 Å². The van der Waals surface area contributed by atoms with Crippen LogP contribution in [-0.4, -0.2) is 80.0 Å². The first-order valence-electron chi connectivity index (χ1n) is 9.61. The fraction of sp³-hybridized carbons (Fsp3) is 0.650. The zero-order chi connectivity index (χ0) is 17.8. The SMILES string of the molecule is CCN1CCC(N2CCN(C)[C@@H](c3cccc(C(=O)NC)c3)C2)CC1. The molecule has 5 nitrogen and oxygen atoms in total. The van der Waals surface area contributed by atoms with E-state index in [2.05, 4.69) is 46.1 Å². The third-order valence-corrected chi connectivity index (χ3v) is 5.96. The highest BCUT2D eigenvalue weighted by Crippen LogP contribution is 2.28. The van der Waals surface area contributed by atoms with E-state index in [4.69, 9.17) is 0 Å². The number of likely N-dealkylation sites (N-methyl/N-ethyl adjacent to an activating group) is 1. The van der Waals surface area contributed by atoms with Crippen molar-refractivity contribution in [3.8, 4) is 0 Å². The second kappa shape index (κ2) is 8.30. The van der Waals surface area contributed by atoms with Gasteiger partial charge in [-0.2, -0.15) is 0 Å². The summed E-state index contributed by atoms with van der Waals surface area (Å²) in [6, 6.07) is 9.19. The maximum absolute atomic E-state index is 12.0. The average molecular weight is 345 g/mol. The molecule has 2 aliphatic rings. The largest absolute Gasteiger partial charge is 0.355 e. The van der Waals surface area contributed by atoms with Crippen LogP contribution in [0.15, 0.2) is 24.3 Å². The summed E-state index contributed by atoms with van der Waals surface area (Å²) in [5.41, 5.74) is 2.00. The molecule has 0 radical (unpaired) electrons. The molecule has 1 aromatic carbocycles. The Bertz CT molecular complexity index is 583. The van der Waals surface area contributed by atoms with E-state index in [1.165, 1.54) is 38.0 Å². The lowest BCUT2D eigenvalue weighted by atomic mass is 9.96. The van der Waals surface area contributed by atoms with E-state index in [9.17, 15) is 4.79 Å². The highest BCUT2D eigenvalue weighted by molar-refractivity contribution is 5.94. The van der Waals surface area contributed by atoms with Crippen molar-refractivity contribution in [3.63, 3.8) is 0 Å². The summed E-state index contributed by atoms with van der Waals surface area (Å²) in [5.74, 6) is -0.0101. The molecule has 1 N–H and O–H groups in total. The fourth-order valence-electron chi connectivity index (χ4n) is 4.22. The Morgan fingerprint density at radius 2 is 1.96 bits per heavy atom. The quantitative estimate of drug-likeness (QED) is 0.904. The zero-order valence-electron chi connectivity index (χ0n) is 15.9. The Balaban J connectivity index is 1.70. The van der Waals surface area contributed by atoms with Crippen LogP contribution >= 0.6 is 0 Å². The molecule has 2 heterocycles. The molecule has 5 heteroatoms. The van der Waals surface area contributed by atoms with E-state index < -0.39 is 0 Å². The van der Waals surface area contributed by atoms with Crippen LogP contribution in [0.3, 0.4) is 0 Å². The summed E-state index contributed by atoms with van der Waals surface area (Å²) >= 11 is 0. The summed E-state index contributed by atoms with van der Waals surface area (Å²) in [6.07, 6.45) is 2.56. The molecule has 0 bridgehead atoms. The second-order valence-electron chi connectivity index (χ2n) is 7.36. The minimum atomic E-state index is -0.0101. The van der Waals surface area contributed by atoms with E-state index in [-0.39, 0.29) is 5.91 Å². The first-order chi connectivity index (χ1) is 12.1. The lowest BCUT2D eigenvalue weighted by Gasteiger charge is -2.45. The van der Waals surface area contributed by atoms with Gasteiger partial charge in [0.2, 0.25) is 0 Å². The van der Waals surface area contributed by atoms with Gasteiger partial charge in [0.15, 0.2) is 0 Å². The van der Waals surface area contributed by atoms with E-state index >= 15 is 0 Å². The number of hydrogen-bond acceptors (Lipinski definition) is 4. The van der Waals surface area contributed by atoms with Crippen LogP contribution in [0.2, 0.25) is 0 Å². The van der Waals surface area contributed by atoms with Gasteiger partial charge in [0.25, 0.3) is 5.91 Å². The monoisotopic (exact) mass is 344 g/mol. The molecule has 25 heavy (non-hydrogen) atoms. The Morgan fingerprint density at radius 3 is 2.64 bits per heavy atom. The molecule has 1 atom stereocenters. The van der Waals surface area contributed by atoms with Crippen molar-refractivity contribution in [1.29, 1.82) is 0 Å². The first kappa shape index (κ1) is 18.4. The number of piperazine rings is 1. The molecule has 3 rings (SSSR count). The number of nitrogens with one attached hydrogen (secondary N) is 1. The summed E-state index contributed by atoms with van der Waals surface area (Å²) in [6.45, 7) is 9.18. The molecule has 2 saturated heterocycles. The molecule has 1 aromatic rings. The standard InChI is InChI=1S/C20H32N4O/c1-4-23-10-8-18(9-11-23)24-13-12-22(3)19(15-24)16-6-5-7-17(14-16)20(25)21-2/h5-7,14,18-19H,4,8-13,15H2,1-3H3,(H,21,25)/t19-/m1/s1. The van der Waals surface area contributed by atoms with Gasteiger partial charge in [0.05, 0.1) is 0 Å². The van der Waals surface area contributed by atoms with E-state index in [1.54, 1.807) is 7.05 Å². The first-order valence-corrected chi connectivity index (χ1v) is 9.61. The topological polar surface area (TPSA) is 38.8 Å². The van der Waals surface area contributed by atoms with Crippen molar-refractivity contribution in [2.75, 3.05) is 53.4 Å². The number of likely N-dealkylation sites (tertiary alicyclic amines) is 1. The molecule has 2 aliphatic heterocycles.